The summed E-state index contributed by atoms with van der Waals surface area (Å²) in [7, 11) is 0. The van der Waals surface area contributed by atoms with Gasteiger partial charge in [0.25, 0.3) is 17.2 Å². The van der Waals surface area contributed by atoms with Crippen molar-refractivity contribution in [1.29, 1.82) is 5.26 Å². The molecule has 0 saturated heterocycles. The molecule has 41 heavy (non-hydrogen) atoms. The summed E-state index contributed by atoms with van der Waals surface area (Å²) in [6, 6.07) is 25.5. The highest BCUT2D eigenvalue weighted by Gasteiger charge is 2.18. The Bertz CT molecular complexity index is 2010. The molecule has 9 nitrogen and oxygen atoms in total. The van der Waals surface area contributed by atoms with Crippen LogP contribution in [0, 0.1) is 35.3 Å². The highest BCUT2D eigenvalue weighted by Crippen LogP contribution is 2.25. The maximum atomic E-state index is 13.6. The Balaban J connectivity index is 1.61. The normalized spacial score (nSPS) is 12.1. The number of hydrogen-bond donors (Lipinski definition) is 1. The lowest BCUT2D eigenvalue weighted by Crippen LogP contribution is -2.32. The molecule has 0 radical (unpaired) electrons. The monoisotopic (exact) mass is 562 g/mol. The van der Waals surface area contributed by atoms with E-state index < -0.39 is 16.4 Å². The maximum Gasteiger partial charge on any atom is 0.273 e. The van der Waals surface area contributed by atoms with Crippen molar-refractivity contribution in [1.82, 2.24) is 4.57 Å². The Morgan fingerprint density at radius 3 is 2.41 bits per heavy atom. The van der Waals surface area contributed by atoms with E-state index in [1.807, 2.05) is 32.0 Å². The molecule has 1 amide bonds. The summed E-state index contributed by atoms with van der Waals surface area (Å²) in [6.07, 6.45) is 1.54. The lowest BCUT2D eigenvalue weighted by molar-refractivity contribution is -0.384. The van der Waals surface area contributed by atoms with Gasteiger partial charge in [0.15, 0.2) is 5.57 Å². The number of aromatic nitrogens is 1. The van der Waals surface area contributed by atoms with Crippen LogP contribution in [-0.2, 0) is 4.79 Å². The van der Waals surface area contributed by atoms with Gasteiger partial charge in [0, 0.05) is 29.5 Å². The highest BCUT2D eigenvalue weighted by molar-refractivity contribution is 7.07. The van der Waals surface area contributed by atoms with Crippen molar-refractivity contribution in [3.8, 4) is 23.1 Å². The lowest BCUT2D eigenvalue weighted by atomic mass is 10.1. The van der Waals surface area contributed by atoms with Crippen LogP contribution >= 0.6 is 11.3 Å². The molecule has 0 bridgehead atoms. The number of non-ortho nitro benzene ring substituents is 1. The molecule has 0 aliphatic carbocycles. The number of rotatable bonds is 6. The molecule has 0 unspecified atom stereocenters. The van der Waals surface area contributed by atoms with Crippen LogP contribution in [0.1, 0.15) is 16.9 Å². The Morgan fingerprint density at radius 2 is 1.76 bits per heavy atom. The predicted molar refractivity (Wildman–Crippen MR) is 157 cm³/mol. The lowest BCUT2D eigenvalue weighted by Gasteiger charge is -2.07. The second kappa shape index (κ2) is 11.3. The third-order valence-corrected chi connectivity index (χ3v) is 7.51. The number of benzene rings is 3. The highest BCUT2D eigenvalue weighted by atomic mass is 32.1. The van der Waals surface area contributed by atoms with Gasteiger partial charge in [-0.3, -0.25) is 24.3 Å². The number of aryl methyl sites for hydroxylation is 2. The summed E-state index contributed by atoms with van der Waals surface area (Å²) in [5, 5.41) is 23.8. The molecule has 0 atom stereocenters. The molecule has 1 N–H and O–H groups in total. The first kappa shape index (κ1) is 27.1. The number of nitro groups is 1. The van der Waals surface area contributed by atoms with Crippen LogP contribution in [-0.4, -0.2) is 15.4 Å². The minimum absolute atomic E-state index is 0.0363. The third-order valence-electron chi connectivity index (χ3n) is 6.42. The van der Waals surface area contributed by atoms with Crippen LogP contribution in [0.3, 0.4) is 0 Å². The van der Waals surface area contributed by atoms with Gasteiger partial charge < -0.3 is 9.73 Å². The number of amides is 1. The van der Waals surface area contributed by atoms with Gasteiger partial charge in [0.05, 0.1) is 15.1 Å². The molecule has 2 heterocycles. The third kappa shape index (κ3) is 5.61. The van der Waals surface area contributed by atoms with Crippen LogP contribution in [0.4, 0.5) is 11.4 Å². The zero-order valence-electron chi connectivity index (χ0n) is 22.0. The van der Waals surface area contributed by atoms with E-state index in [9.17, 15) is 25.0 Å². The van der Waals surface area contributed by atoms with Gasteiger partial charge in [0.2, 0.25) is 0 Å². The fourth-order valence-electron chi connectivity index (χ4n) is 4.13. The van der Waals surface area contributed by atoms with Gasteiger partial charge in [-0.2, -0.15) is 5.26 Å². The van der Waals surface area contributed by atoms with E-state index >= 15 is 0 Å². The summed E-state index contributed by atoms with van der Waals surface area (Å²) in [5.41, 5.74) is 3.06. The molecular weight excluding hydrogens is 540 g/mol. The number of hydrogen-bond acceptors (Lipinski definition) is 7. The van der Waals surface area contributed by atoms with Gasteiger partial charge in [-0.05, 0) is 73.5 Å². The number of nitro benzene ring substituents is 1. The van der Waals surface area contributed by atoms with E-state index in [1.54, 1.807) is 66.7 Å². The van der Waals surface area contributed by atoms with E-state index in [0.29, 0.717) is 28.5 Å². The molecule has 10 heteroatoms. The Kier molecular flexibility index (Phi) is 7.45. The summed E-state index contributed by atoms with van der Waals surface area (Å²) in [6.45, 7) is 3.89. The van der Waals surface area contributed by atoms with Gasteiger partial charge in [-0.15, -0.1) is 11.3 Å². The second-order valence-electron chi connectivity index (χ2n) is 9.14. The average molecular weight is 563 g/mol. The summed E-state index contributed by atoms with van der Waals surface area (Å²) < 4.78 is 7.67. The SMILES string of the molecule is Cc1ccc(NC(=O)C(C#N)=c2sc(=Cc3ccc(-c4ccc([N+](=O)[O-])cc4)o3)c(=O)n2-c2ccccc2)cc1C. The Morgan fingerprint density at radius 1 is 1.02 bits per heavy atom. The molecule has 3 aromatic carbocycles. The average Bonchev–Trinajstić information content (AvgIpc) is 3.56. The van der Waals surface area contributed by atoms with E-state index in [-0.39, 0.29) is 20.5 Å². The minimum Gasteiger partial charge on any atom is -0.457 e. The van der Waals surface area contributed by atoms with Crippen molar-refractivity contribution in [2.75, 3.05) is 5.32 Å². The number of carbonyl (C=O) groups excluding carboxylic acids is 1. The fourth-order valence-corrected chi connectivity index (χ4v) is 5.21. The van der Waals surface area contributed by atoms with Crippen LogP contribution in [0.15, 0.2) is 94.1 Å². The number of carbonyl (C=O) groups is 1. The number of para-hydroxylation sites is 1. The molecule has 0 saturated carbocycles. The van der Waals surface area contributed by atoms with Crippen molar-refractivity contribution in [2.24, 2.45) is 0 Å². The molecule has 0 aliphatic rings. The standard InChI is InChI=1S/C31H22N4O5S/c1-19-8-11-22(16-20(19)2)33-29(36)26(18-32)31-34(23-6-4-3-5-7-23)30(37)28(41-31)17-25-14-15-27(40-25)21-9-12-24(13-10-21)35(38)39/h3-17H,1-2H3,(H,33,36). The Hall–Kier alpha value is -5.53. The maximum absolute atomic E-state index is 13.6. The van der Waals surface area contributed by atoms with E-state index in [4.69, 9.17) is 4.42 Å². The molecule has 2 aromatic heterocycles. The molecule has 0 aliphatic heterocycles. The number of nitrogens with one attached hydrogen (secondary N) is 1. The summed E-state index contributed by atoms with van der Waals surface area (Å²) in [4.78, 5) is 37.4. The smallest absolute Gasteiger partial charge is 0.273 e. The molecule has 5 aromatic rings. The van der Waals surface area contributed by atoms with Gasteiger partial charge in [-0.25, -0.2) is 0 Å². The van der Waals surface area contributed by atoms with E-state index in [2.05, 4.69) is 5.32 Å². The van der Waals surface area contributed by atoms with Crippen LogP contribution in [0.5, 0.6) is 0 Å². The number of furan rings is 1. The van der Waals surface area contributed by atoms with Gasteiger partial charge in [0.1, 0.15) is 22.3 Å². The van der Waals surface area contributed by atoms with Crippen molar-refractivity contribution >= 4 is 40.3 Å². The zero-order valence-corrected chi connectivity index (χ0v) is 22.8. The first-order chi connectivity index (χ1) is 19.7. The fraction of sp³-hybridized carbons (Fsp3) is 0.0645. The van der Waals surface area contributed by atoms with Gasteiger partial charge in [-0.1, -0.05) is 24.3 Å². The molecule has 202 valence electrons. The summed E-state index contributed by atoms with van der Waals surface area (Å²) in [5.74, 6) is 0.191. The largest absolute Gasteiger partial charge is 0.457 e. The van der Waals surface area contributed by atoms with Crippen molar-refractivity contribution in [3.63, 3.8) is 0 Å². The Labute approximate surface area is 237 Å². The minimum atomic E-state index is -0.633. The van der Waals surface area contributed by atoms with E-state index in [0.717, 1.165) is 22.5 Å². The molecule has 0 spiro atoms. The number of anilines is 1. The zero-order chi connectivity index (χ0) is 29.1. The van der Waals surface area contributed by atoms with Gasteiger partial charge >= 0.3 is 0 Å². The summed E-state index contributed by atoms with van der Waals surface area (Å²) >= 11 is 1.00. The van der Waals surface area contributed by atoms with Crippen molar-refractivity contribution < 1.29 is 14.1 Å². The number of nitriles is 1. The second-order valence-corrected chi connectivity index (χ2v) is 10.2. The quantitative estimate of drug-likeness (QED) is 0.233. The van der Waals surface area contributed by atoms with Crippen molar-refractivity contribution in [2.45, 2.75) is 13.8 Å². The van der Waals surface area contributed by atoms with Crippen LogP contribution in [0.2, 0.25) is 0 Å². The topological polar surface area (TPSA) is 131 Å². The van der Waals surface area contributed by atoms with Crippen molar-refractivity contribution in [3.05, 3.63) is 131 Å². The van der Waals surface area contributed by atoms with Crippen LogP contribution < -0.4 is 20.1 Å². The molecular formula is C31H22N4O5S. The molecule has 5 rings (SSSR count). The number of nitrogens with zero attached hydrogens (tertiary/aromatic N) is 3. The van der Waals surface area contributed by atoms with Crippen LogP contribution in [0.25, 0.3) is 28.7 Å². The first-order valence-electron chi connectivity index (χ1n) is 12.4. The molecule has 0 fully saturated rings. The predicted octanol–water partition coefficient (Wildman–Crippen LogP) is 4.83. The van der Waals surface area contributed by atoms with E-state index in [1.165, 1.54) is 16.7 Å². The first-order valence-corrected chi connectivity index (χ1v) is 13.2. The number of thiazole rings is 1.